The van der Waals surface area contributed by atoms with Crippen molar-refractivity contribution in [2.45, 2.75) is 26.4 Å². The van der Waals surface area contributed by atoms with Gasteiger partial charge >= 0.3 is 5.97 Å². The molecule has 2 aromatic rings. The van der Waals surface area contributed by atoms with Crippen molar-refractivity contribution in [2.24, 2.45) is 0 Å². The summed E-state index contributed by atoms with van der Waals surface area (Å²) in [6.45, 7) is 7.75. The van der Waals surface area contributed by atoms with Crippen molar-refractivity contribution in [3.8, 4) is 11.4 Å². The molecular weight excluding hydrogens is 327 g/mol. The van der Waals surface area contributed by atoms with Gasteiger partial charge in [0.25, 0.3) is 5.89 Å². The number of anilines is 1. The second-order valence-electron chi connectivity index (χ2n) is 6.43. The third-order valence-corrected chi connectivity index (χ3v) is 4.00. The highest BCUT2D eigenvalue weighted by Gasteiger charge is 2.31. The number of hydrogen-bond donors (Lipinski definition) is 1. The molecule has 0 bridgehead atoms. The van der Waals surface area contributed by atoms with Crippen LogP contribution in [0.15, 0.2) is 22.7 Å². The summed E-state index contributed by atoms with van der Waals surface area (Å²) < 4.78 is 24.7. The molecule has 8 heteroatoms. The van der Waals surface area contributed by atoms with Crippen LogP contribution in [0.25, 0.3) is 11.4 Å². The smallest absolute Gasteiger partial charge is 0.303 e. The van der Waals surface area contributed by atoms with Crippen LogP contribution in [0.1, 0.15) is 26.7 Å². The molecule has 25 heavy (non-hydrogen) atoms. The third-order valence-electron chi connectivity index (χ3n) is 4.00. The van der Waals surface area contributed by atoms with Gasteiger partial charge in [0.1, 0.15) is 5.82 Å². The molecule has 134 valence electrons. The summed E-state index contributed by atoms with van der Waals surface area (Å²) in [5.74, 6) is -0.209. The fourth-order valence-electron chi connectivity index (χ4n) is 2.79. The normalized spacial score (nSPS) is 15.3. The van der Waals surface area contributed by atoms with E-state index in [1.54, 1.807) is 26.0 Å². The van der Waals surface area contributed by atoms with Crippen molar-refractivity contribution in [1.29, 1.82) is 0 Å². The van der Waals surface area contributed by atoms with Crippen LogP contribution in [-0.2, 0) is 15.1 Å². The van der Waals surface area contributed by atoms with E-state index in [0.29, 0.717) is 17.1 Å². The highest BCUT2D eigenvalue weighted by atomic mass is 19.1. The Morgan fingerprint density at radius 3 is 2.76 bits per heavy atom. The SMILES string of the molecule is CC(=O)OC(C)(C)c1nc(-c2ccc(F)c(N3CCNCC3)c2)no1. The molecule has 0 saturated carbocycles. The van der Waals surface area contributed by atoms with Gasteiger partial charge in [-0.25, -0.2) is 4.39 Å². The lowest BCUT2D eigenvalue weighted by molar-refractivity contribution is -0.157. The maximum Gasteiger partial charge on any atom is 0.303 e. The second kappa shape index (κ2) is 6.79. The number of carbonyl (C=O) groups is 1. The zero-order valence-electron chi connectivity index (χ0n) is 14.5. The van der Waals surface area contributed by atoms with Crippen molar-refractivity contribution in [1.82, 2.24) is 15.5 Å². The van der Waals surface area contributed by atoms with Gasteiger partial charge in [-0.05, 0) is 32.0 Å². The topological polar surface area (TPSA) is 80.5 Å². The highest BCUT2D eigenvalue weighted by Crippen LogP contribution is 2.29. The zero-order chi connectivity index (χ0) is 18.0. The van der Waals surface area contributed by atoms with Gasteiger partial charge in [-0.3, -0.25) is 4.79 Å². The van der Waals surface area contributed by atoms with E-state index >= 15 is 0 Å². The summed E-state index contributed by atoms with van der Waals surface area (Å²) in [5, 5.41) is 7.19. The van der Waals surface area contributed by atoms with Gasteiger partial charge in [-0.1, -0.05) is 5.16 Å². The van der Waals surface area contributed by atoms with E-state index in [0.717, 1.165) is 26.2 Å². The molecule has 7 nitrogen and oxygen atoms in total. The fourth-order valence-corrected chi connectivity index (χ4v) is 2.79. The molecule has 1 aromatic carbocycles. The Bertz CT molecular complexity index is 769. The van der Waals surface area contributed by atoms with Gasteiger partial charge in [-0.2, -0.15) is 4.98 Å². The molecule has 0 unspecified atom stereocenters. The Balaban J connectivity index is 1.88. The van der Waals surface area contributed by atoms with Gasteiger partial charge in [0, 0.05) is 38.7 Å². The molecular formula is C17H21FN4O3. The maximum absolute atomic E-state index is 14.2. The summed E-state index contributed by atoms with van der Waals surface area (Å²) >= 11 is 0. The van der Waals surface area contributed by atoms with Crippen LogP contribution in [0.2, 0.25) is 0 Å². The van der Waals surface area contributed by atoms with Crippen LogP contribution in [0.5, 0.6) is 0 Å². The molecule has 0 radical (unpaired) electrons. The highest BCUT2D eigenvalue weighted by molar-refractivity contribution is 5.67. The van der Waals surface area contributed by atoms with Gasteiger partial charge in [0.15, 0.2) is 5.60 Å². The Morgan fingerprint density at radius 2 is 2.08 bits per heavy atom. The predicted molar refractivity (Wildman–Crippen MR) is 89.6 cm³/mol. The van der Waals surface area contributed by atoms with E-state index in [4.69, 9.17) is 9.26 Å². The minimum absolute atomic E-state index is 0.186. The van der Waals surface area contributed by atoms with Crippen LogP contribution in [0.4, 0.5) is 10.1 Å². The van der Waals surface area contributed by atoms with Crippen LogP contribution in [0, 0.1) is 5.82 Å². The summed E-state index contributed by atoms with van der Waals surface area (Å²) in [6.07, 6.45) is 0. The van der Waals surface area contributed by atoms with E-state index in [1.165, 1.54) is 13.0 Å². The molecule has 3 rings (SSSR count). The molecule has 0 amide bonds. The van der Waals surface area contributed by atoms with Crippen molar-refractivity contribution in [3.05, 3.63) is 29.9 Å². The Labute approximate surface area is 145 Å². The summed E-state index contributed by atoms with van der Waals surface area (Å²) in [7, 11) is 0. The first kappa shape index (κ1) is 17.3. The minimum Gasteiger partial charge on any atom is -0.450 e. The van der Waals surface area contributed by atoms with E-state index in [1.807, 2.05) is 4.90 Å². The number of benzene rings is 1. The molecule has 0 atom stereocenters. The molecule has 1 N–H and O–H groups in total. The number of nitrogens with zero attached hydrogens (tertiary/aromatic N) is 3. The van der Waals surface area contributed by atoms with Crippen LogP contribution in [0.3, 0.4) is 0 Å². The van der Waals surface area contributed by atoms with Crippen molar-refractivity contribution >= 4 is 11.7 Å². The van der Waals surface area contributed by atoms with Crippen molar-refractivity contribution in [2.75, 3.05) is 31.1 Å². The molecule has 1 aliphatic rings. The molecule has 0 aliphatic carbocycles. The first-order valence-corrected chi connectivity index (χ1v) is 8.16. The van der Waals surface area contributed by atoms with Gasteiger partial charge in [0.05, 0.1) is 5.69 Å². The van der Waals surface area contributed by atoms with Gasteiger partial charge < -0.3 is 19.5 Å². The number of carbonyl (C=O) groups excluding carboxylic acids is 1. The van der Waals surface area contributed by atoms with Crippen molar-refractivity contribution < 1.29 is 18.4 Å². The van der Waals surface area contributed by atoms with Crippen LogP contribution >= 0.6 is 0 Å². The molecule has 1 aliphatic heterocycles. The monoisotopic (exact) mass is 348 g/mol. The first-order chi connectivity index (χ1) is 11.9. The fraction of sp³-hybridized carbons (Fsp3) is 0.471. The summed E-state index contributed by atoms with van der Waals surface area (Å²) in [4.78, 5) is 17.5. The Morgan fingerprint density at radius 1 is 1.36 bits per heavy atom. The number of nitrogens with one attached hydrogen (secondary N) is 1. The quantitative estimate of drug-likeness (QED) is 0.847. The van der Waals surface area contributed by atoms with Gasteiger partial charge in [0.2, 0.25) is 5.82 Å². The number of piperazine rings is 1. The predicted octanol–water partition coefficient (Wildman–Crippen LogP) is 2.08. The number of hydrogen-bond acceptors (Lipinski definition) is 7. The standard InChI is InChI=1S/C17H21FN4O3/c1-11(23)24-17(2,3)16-20-15(21-25-16)12-4-5-13(18)14(10-12)22-8-6-19-7-9-22/h4-5,10,19H,6-9H2,1-3H3. The molecule has 1 fully saturated rings. The lowest BCUT2D eigenvalue weighted by Gasteiger charge is -2.29. The third kappa shape index (κ3) is 3.79. The number of ether oxygens (including phenoxy) is 1. The Hall–Kier alpha value is -2.48. The Kier molecular flexibility index (Phi) is 4.71. The average molecular weight is 348 g/mol. The summed E-state index contributed by atoms with van der Waals surface area (Å²) in [5.41, 5.74) is 0.131. The van der Waals surface area contributed by atoms with E-state index in [2.05, 4.69) is 15.5 Å². The number of rotatable bonds is 4. The first-order valence-electron chi connectivity index (χ1n) is 8.16. The average Bonchev–Trinajstić information content (AvgIpc) is 3.06. The molecule has 2 heterocycles. The lowest BCUT2D eigenvalue weighted by atomic mass is 10.1. The van der Waals surface area contributed by atoms with E-state index in [9.17, 15) is 9.18 Å². The van der Waals surface area contributed by atoms with E-state index < -0.39 is 11.6 Å². The number of aromatic nitrogens is 2. The molecule has 1 saturated heterocycles. The van der Waals surface area contributed by atoms with Crippen LogP contribution < -0.4 is 10.2 Å². The number of esters is 1. The van der Waals surface area contributed by atoms with Crippen LogP contribution in [-0.4, -0.2) is 42.3 Å². The van der Waals surface area contributed by atoms with E-state index in [-0.39, 0.29) is 11.7 Å². The number of halogens is 1. The summed E-state index contributed by atoms with van der Waals surface area (Å²) in [6, 6.07) is 4.72. The maximum atomic E-state index is 14.2. The zero-order valence-corrected chi connectivity index (χ0v) is 14.5. The van der Waals surface area contributed by atoms with Gasteiger partial charge in [-0.15, -0.1) is 0 Å². The minimum atomic E-state index is -1.03. The largest absolute Gasteiger partial charge is 0.450 e. The lowest BCUT2D eigenvalue weighted by Crippen LogP contribution is -2.43. The second-order valence-corrected chi connectivity index (χ2v) is 6.43. The van der Waals surface area contributed by atoms with Crippen molar-refractivity contribution in [3.63, 3.8) is 0 Å². The molecule has 1 aromatic heterocycles. The molecule has 0 spiro atoms.